The number of nitrogens with one attached hydrogen (secondary N) is 1. The second-order valence-electron chi connectivity index (χ2n) is 7.95. The van der Waals surface area contributed by atoms with Gasteiger partial charge in [-0.25, -0.2) is 0 Å². The summed E-state index contributed by atoms with van der Waals surface area (Å²) < 4.78 is 0. The summed E-state index contributed by atoms with van der Waals surface area (Å²) in [7, 11) is 0. The smallest absolute Gasteiger partial charge is 0.256 e. The molecule has 0 unspecified atom stereocenters. The number of rotatable bonds is 4. The van der Waals surface area contributed by atoms with Crippen LogP contribution in [0.4, 0.5) is 0 Å². The molecule has 1 heterocycles. The van der Waals surface area contributed by atoms with Crippen molar-refractivity contribution in [3.63, 3.8) is 0 Å². The molecule has 1 N–H and O–H groups in total. The van der Waals surface area contributed by atoms with Crippen molar-refractivity contribution < 1.29 is 4.79 Å². The molecule has 0 bridgehead atoms. The van der Waals surface area contributed by atoms with Crippen LogP contribution < -0.4 is 5.32 Å². The lowest BCUT2D eigenvalue weighted by atomic mass is 9.78. The zero-order chi connectivity index (χ0) is 18.1. The van der Waals surface area contributed by atoms with E-state index in [1.165, 1.54) is 24.8 Å². The summed E-state index contributed by atoms with van der Waals surface area (Å²) in [5.41, 5.74) is 3.14. The lowest BCUT2D eigenvalue weighted by Gasteiger charge is -2.38. The molecule has 2 aromatic rings. The number of fused-ring (bicyclic) bond motifs is 1. The molecule has 2 aromatic carbocycles. The zero-order valence-electron chi connectivity index (χ0n) is 15.7. The minimum atomic E-state index is -0.0309. The van der Waals surface area contributed by atoms with Gasteiger partial charge in [-0.3, -0.25) is 10.1 Å². The van der Waals surface area contributed by atoms with E-state index in [9.17, 15) is 4.79 Å². The molecule has 3 heteroatoms. The highest BCUT2D eigenvalue weighted by molar-refractivity contribution is 5.99. The van der Waals surface area contributed by atoms with Gasteiger partial charge in [0.05, 0.1) is 0 Å². The van der Waals surface area contributed by atoms with Crippen LogP contribution in [0.25, 0.3) is 0 Å². The van der Waals surface area contributed by atoms with E-state index in [-0.39, 0.29) is 12.1 Å². The van der Waals surface area contributed by atoms with Gasteiger partial charge in [0.15, 0.2) is 0 Å². The number of carbonyl (C=O) groups is 1. The Morgan fingerprint density at radius 1 is 1.00 bits per heavy atom. The van der Waals surface area contributed by atoms with Crippen molar-refractivity contribution >= 4 is 5.91 Å². The van der Waals surface area contributed by atoms with Crippen LogP contribution in [0, 0.1) is 11.8 Å². The first-order valence-corrected chi connectivity index (χ1v) is 9.85. The number of hydrogen-bond donors (Lipinski definition) is 1. The Labute approximate surface area is 156 Å². The van der Waals surface area contributed by atoms with Gasteiger partial charge < -0.3 is 4.90 Å². The van der Waals surface area contributed by atoms with Gasteiger partial charge in [-0.05, 0) is 29.9 Å². The molecule has 0 saturated heterocycles. The minimum absolute atomic E-state index is 0.0309. The number of nitrogens with zero attached hydrogens (tertiary/aromatic N) is 1. The van der Waals surface area contributed by atoms with E-state index >= 15 is 0 Å². The Balaban J connectivity index is 1.62. The largest absolute Gasteiger partial charge is 0.315 e. The second kappa shape index (κ2) is 7.24. The molecule has 1 fully saturated rings. The summed E-state index contributed by atoms with van der Waals surface area (Å²) in [5.74, 6) is 1.50. The maximum absolute atomic E-state index is 13.1. The molecule has 136 valence electrons. The van der Waals surface area contributed by atoms with Gasteiger partial charge in [0.1, 0.15) is 6.17 Å². The highest BCUT2D eigenvalue weighted by atomic mass is 16.2. The van der Waals surface area contributed by atoms with Crippen molar-refractivity contribution in [3.8, 4) is 0 Å². The molecular weight excluding hydrogens is 320 g/mol. The van der Waals surface area contributed by atoms with Gasteiger partial charge in [-0.2, -0.15) is 0 Å². The van der Waals surface area contributed by atoms with Gasteiger partial charge >= 0.3 is 0 Å². The SMILES string of the molecule is C[C@H]1[C@@H](N[C@@H]2c3ccccc3C(=O)N2Cc2ccccc2)CCC[C@@H]1C. The predicted molar refractivity (Wildman–Crippen MR) is 105 cm³/mol. The van der Waals surface area contributed by atoms with Crippen molar-refractivity contribution in [1.29, 1.82) is 0 Å². The number of carbonyl (C=O) groups excluding carboxylic acids is 1. The topological polar surface area (TPSA) is 32.3 Å². The summed E-state index contributed by atoms with van der Waals surface area (Å²) in [4.78, 5) is 15.1. The Hall–Kier alpha value is -2.13. The van der Waals surface area contributed by atoms with Crippen LogP contribution >= 0.6 is 0 Å². The van der Waals surface area contributed by atoms with E-state index in [2.05, 4.69) is 37.4 Å². The van der Waals surface area contributed by atoms with E-state index in [1.807, 2.05) is 41.3 Å². The average molecular weight is 348 g/mol. The second-order valence-corrected chi connectivity index (χ2v) is 7.95. The fourth-order valence-corrected chi connectivity index (χ4v) is 4.51. The van der Waals surface area contributed by atoms with Gasteiger partial charge in [0, 0.05) is 23.7 Å². The van der Waals surface area contributed by atoms with Crippen molar-refractivity contribution in [2.45, 2.75) is 51.9 Å². The standard InChI is InChI=1S/C23H28N2O/c1-16-9-8-14-21(17(16)2)24-22-19-12-6-7-13-20(19)23(26)25(22)15-18-10-4-3-5-11-18/h3-7,10-13,16-17,21-22,24H,8-9,14-15H2,1-2H3/t16-,17+,21-,22-/m0/s1. The van der Waals surface area contributed by atoms with E-state index in [0.29, 0.717) is 18.5 Å². The third kappa shape index (κ3) is 3.16. The summed E-state index contributed by atoms with van der Waals surface area (Å²) in [5, 5.41) is 3.86. The molecule has 0 aromatic heterocycles. The third-order valence-corrected chi connectivity index (χ3v) is 6.33. The highest BCUT2D eigenvalue weighted by Crippen LogP contribution is 2.36. The van der Waals surface area contributed by atoms with Crippen molar-refractivity contribution in [3.05, 3.63) is 71.3 Å². The Bertz CT molecular complexity index is 773. The average Bonchev–Trinajstić information content (AvgIpc) is 2.92. The minimum Gasteiger partial charge on any atom is -0.315 e. The molecule has 1 aliphatic heterocycles. The normalized spacial score (nSPS) is 28.2. The van der Waals surface area contributed by atoms with Crippen LogP contribution in [0.15, 0.2) is 54.6 Å². The van der Waals surface area contributed by atoms with Crippen molar-refractivity contribution in [1.82, 2.24) is 10.2 Å². The van der Waals surface area contributed by atoms with E-state index in [0.717, 1.165) is 17.0 Å². The summed E-state index contributed by atoms with van der Waals surface area (Å²) in [6.07, 6.45) is 3.74. The van der Waals surface area contributed by atoms with Crippen molar-refractivity contribution in [2.75, 3.05) is 0 Å². The van der Waals surface area contributed by atoms with Gasteiger partial charge in [0.25, 0.3) is 5.91 Å². The summed E-state index contributed by atoms with van der Waals surface area (Å²) in [6.45, 7) is 5.35. The Morgan fingerprint density at radius 2 is 1.73 bits per heavy atom. The van der Waals surface area contributed by atoms with E-state index < -0.39 is 0 Å². The first kappa shape index (κ1) is 17.3. The molecule has 2 aliphatic rings. The number of benzene rings is 2. The highest BCUT2D eigenvalue weighted by Gasteiger charge is 2.39. The third-order valence-electron chi connectivity index (χ3n) is 6.33. The Kier molecular flexibility index (Phi) is 4.82. The van der Waals surface area contributed by atoms with E-state index in [4.69, 9.17) is 0 Å². The molecular formula is C23H28N2O. The molecule has 0 radical (unpaired) electrons. The van der Waals surface area contributed by atoms with Crippen LogP contribution in [0.5, 0.6) is 0 Å². The first-order chi connectivity index (χ1) is 12.6. The predicted octanol–water partition coefficient (Wildman–Crippen LogP) is 4.76. The van der Waals surface area contributed by atoms with Crippen LogP contribution in [-0.2, 0) is 6.54 Å². The summed E-state index contributed by atoms with van der Waals surface area (Å²) >= 11 is 0. The molecule has 4 atom stereocenters. The van der Waals surface area contributed by atoms with Gasteiger partial charge in [0.2, 0.25) is 0 Å². The van der Waals surface area contributed by atoms with Gasteiger partial charge in [-0.1, -0.05) is 75.2 Å². The lowest BCUT2D eigenvalue weighted by Crippen LogP contribution is -2.46. The van der Waals surface area contributed by atoms with Crippen LogP contribution in [0.1, 0.15) is 60.8 Å². The van der Waals surface area contributed by atoms with Crippen molar-refractivity contribution in [2.24, 2.45) is 11.8 Å². The molecule has 4 rings (SSSR count). The number of hydrogen-bond acceptors (Lipinski definition) is 2. The first-order valence-electron chi connectivity index (χ1n) is 9.85. The lowest BCUT2D eigenvalue weighted by molar-refractivity contribution is 0.0623. The summed E-state index contributed by atoms with van der Waals surface area (Å²) in [6, 6.07) is 18.8. The quantitative estimate of drug-likeness (QED) is 0.864. The maximum atomic E-state index is 13.1. The molecule has 1 aliphatic carbocycles. The zero-order valence-corrected chi connectivity index (χ0v) is 15.7. The molecule has 1 saturated carbocycles. The molecule has 26 heavy (non-hydrogen) atoms. The fourth-order valence-electron chi connectivity index (χ4n) is 4.51. The van der Waals surface area contributed by atoms with E-state index in [1.54, 1.807) is 0 Å². The molecule has 1 amide bonds. The molecule has 0 spiro atoms. The number of amides is 1. The maximum Gasteiger partial charge on any atom is 0.256 e. The molecule has 3 nitrogen and oxygen atoms in total. The Morgan fingerprint density at radius 3 is 2.54 bits per heavy atom. The van der Waals surface area contributed by atoms with Crippen LogP contribution in [0.2, 0.25) is 0 Å². The monoisotopic (exact) mass is 348 g/mol. The van der Waals surface area contributed by atoms with Crippen LogP contribution in [0.3, 0.4) is 0 Å². The van der Waals surface area contributed by atoms with Crippen LogP contribution in [-0.4, -0.2) is 16.8 Å². The fraction of sp³-hybridized carbons (Fsp3) is 0.435. The van der Waals surface area contributed by atoms with Gasteiger partial charge in [-0.15, -0.1) is 0 Å².